The number of anilines is 2. The molecule has 0 aliphatic carbocycles. The monoisotopic (exact) mass is 429 g/mol. The van der Waals surface area contributed by atoms with E-state index in [2.05, 4.69) is 10.6 Å². The van der Waals surface area contributed by atoms with Crippen LogP contribution in [0, 0.1) is 0 Å². The predicted octanol–water partition coefficient (Wildman–Crippen LogP) is 4.56. The van der Waals surface area contributed by atoms with E-state index in [0.717, 1.165) is 17.0 Å². The molecule has 0 aliphatic heterocycles. The normalized spacial score (nSPS) is 10.9. The molecule has 164 valence electrons. The van der Waals surface area contributed by atoms with Crippen molar-refractivity contribution >= 4 is 29.3 Å². The van der Waals surface area contributed by atoms with Gasteiger partial charge in [-0.05, 0) is 67.1 Å². The quantitative estimate of drug-likeness (QED) is 0.515. The maximum absolute atomic E-state index is 13.0. The van der Waals surface area contributed by atoms with E-state index in [0.29, 0.717) is 17.9 Å². The number of nitrogens with zero attached hydrogens (tertiary/aromatic N) is 1. The molecule has 0 saturated heterocycles. The molecule has 3 rings (SSSR count). The Morgan fingerprint density at radius 1 is 0.906 bits per heavy atom. The molecule has 0 aromatic heterocycles. The molecule has 6 nitrogen and oxygen atoms in total. The van der Waals surface area contributed by atoms with E-state index in [9.17, 15) is 9.59 Å². The average Bonchev–Trinajstić information content (AvgIpc) is 2.81. The third-order valence-electron chi connectivity index (χ3n) is 4.67. The molecule has 0 saturated carbocycles. The summed E-state index contributed by atoms with van der Waals surface area (Å²) >= 11 is 0. The highest BCUT2D eigenvalue weighted by Crippen LogP contribution is 2.18. The van der Waals surface area contributed by atoms with Gasteiger partial charge in [0, 0.05) is 31.0 Å². The first-order chi connectivity index (χ1) is 15.5. The molecule has 0 unspecified atom stereocenters. The van der Waals surface area contributed by atoms with E-state index in [1.54, 1.807) is 54.6 Å². The van der Waals surface area contributed by atoms with Crippen molar-refractivity contribution in [3.63, 3.8) is 0 Å². The zero-order valence-electron chi connectivity index (χ0n) is 18.5. The number of rotatable bonds is 8. The number of ether oxygens (including phenoxy) is 1. The summed E-state index contributed by atoms with van der Waals surface area (Å²) in [6.07, 6.45) is 1.66. The summed E-state index contributed by atoms with van der Waals surface area (Å²) in [4.78, 5) is 27.7. The first kappa shape index (κ1) is 22.6. The minimum atomic E-state index is -0.421. The van der Waals surface area contributed by atoms with E-state index in [1.807, 2.05) is 56.3 Å². The van der Waals surface area contributed by atoms with Crippen LogP contribution in [0.3, 0.4) is 0 Å². The number of nitrogens with one attached hydrogen (secondary N) is 2. The van der Waals surface area contributed by atoms with Crippen molar-refractivity contribution in [2.75, 3.05) is 30.9 Å². The summed E-state index contributed by atoms with van der Waals surface area (Å²) in [7, 11) is 3.92. The lowest BCUT2D eigenvalue weighted by Gasteiger charge is -2.13. The Morgan fingerprint density at radius 2 is 1.56 bits per heavy atom. The summed E-state index contributed by atoms with van der Waals surface area (Å²) in [5.74, 6) is -0.0571. The van der Waals surface area contributed by atoms with Gasteiger partial charge in [0.2, 0.25) is 0 Å². The summed E-state index contributed by atoms with van der Waals surface area (Å²) < 4.78 is 5.44. The van der Waals surface area contributed by atoms with Crippen molar-refractivity contribution in [2.24, 2.45) is 0 Å². The van der Waals surface area contributed by atoms with Crippen molar-refractivity contribution in [2.45, 2.75) is 6.92 Å². The van der Waals surface area contributed by atoms with E-state index in [1.165, 1.54) is 0 Å². The summed E-state index contributed by atoms with van der Waals surface area (Å²) in [6.45, 7) is 2.48. The van der Waals surface area contributed by atoms with Gasteiger partial charge in [-0.25, -0.2) is 0 Å². The third kappa shape index (κ3) is 6.22. The Bertz CT molecular complexity index is 1070. The van der Waals surface area contributed by atoms with Gasteiger partial charge >= 0.3 is 0 Å². The van der Waals surface area contributed by atoms with Crippen LogP contribution in [-0.4, -0.2) is 32.5 Å². The van der Waals surface area contributed by atoms with Gasteiger partial charge in [0.15, 0.2) is 0 Å². The maximum Gasteiger partial charge on any atom is 0.272 e. The van der Waals surface area contributed by atoms with E-state index < -0.39 is 5.91 Å². The molecule has 0 heterocycles. The Balaban J connectivity index is 1.84. The number of carbonyl (C=O) groups excluding carboxylic acids is 2. The number of hydrogen-bond acceptors (Lipinski definition) is 4. The first-order valence-corrected chi connectivity index (χ1v) is 10.4. The Hall–Kier alpha value is -4.06. The second-order valence-corrected chi connectivity index (χ2v) is 7.28. The fourth-order valence-corrected chi connectivity index (χ4v) is 2.98. The third-order valence-corrected chi connectivity index (χ3v) is 4.67. The smallest absolute Gasteiger partial charge is 0.272 e. The van der Waals surface area contributed by atoms with Crippen LogP contribution in [0.25, 0.3) is 6.08 Å². The van der Waals surface area contributed by atoms with Crippen LogP contribution in [0.15, 0.2) is 84.6 Å². The van der Waals surface area contributed by atoms with Crippen molar-refractivity contribution < 1.29 is 14.3 Å². The topological polar surface area (TPSA) is 70.7 Å². The van der Waals surface area contributed by atoms with Crippen molar-refractivity contribution in [1.82, 2.24) is 5.32 Å². The van der Waals surface area contributed by atoms with Crippen LogP contribution in [0.1, 0.15) is 22.8 Å². The summed E-state index contributed by atoms with van der Waals surface area (Å²) in [5.41, 5.74) is 3.04. The fraction of sp³-hybridized carbons (Fsp3) is 0.154. The van der Waals surface area contributed by atoms with E-state index >= 15 is 0 Å². The molecule has 0 aliphatic rings. The minimum Gasteiger partial charge on any atom is -0.494 e. The standard InChI is InChI=1S/C26H27N3O3/c1-4-32-23-16-12-21(13-17-23)27-26(31)24(28-25(30)20-8-6-5-7-9-20)18-19-10-14-22(15-11-19)29(2)3/h5-18H,4H2,1-3H3,(H,27,31)(H,28,30). The number of amides is 2. The Kier molecular flexibility index (Phi) is 7.65. The van der Waals surface area contributed by atoms with Gasteiger partial charge < -0.3 is 20.3 Å². The Labute approximate surface area is 188 Å². The van der Waals surface area contributed by atoms with Gasteiger partial charge in [0.1, 0.15) is 11.4 Å². The number of hydrogen-bond donors (Lipinski definition) is 2. The van der Waals surface area contributed by atoms with Gasteiger partial charge in [0.05, 0.1) is 6.61 Å². The van der Waals surface area contributed by atoms with Gasteiger partial charge in [0.25, 0.3) is 11.8 Å². The lowest BCUT2D eigenvalue weighted by atomic mass is 10.1. The van der Waals surface area contributed by atoms with Crippen LogP contribution < -0.4 is 20.3 Å². The molecule has 0 atom stereocenters. The summed E-state index contributed by atoms with van der Waals surface area (Å²) in [5, 5.41) is 5.58. The Morgan fingerprint density at radius 3 is 2.16 bits per heavy atom. The van der Waals surface area contributed by atoms with E-state index in [-0.39, 0.29) is 11.6 Å². The molecule has 2 N–H and O–H groups in total. The molecular weight excluding hydrogens is 402 g/mol. The fourth-order valence-electron chi connectivity index (χ4n) is 2.98. The number of carbonyl (C=O) groups is 2. The SMILES string of the molecule is CCOc1ccc(NC(=O)C(=Cc2ccc(N(C)C)cc2)NC(=O)c2ccccc2)cc1. The predicted molar refractivity (Wildman–Crippen MR) is 129 cm³/mol. The zero-order valence-corrected chi connectivity index (χ0v) is 18.5. The second kappa shape index (κ2) is 10.8. The van der Waals surface area contributed by atoms with Crippen molar-refractivity contribution in [3.8, 4) is 5.75 Å². The zero-order chi connectivity index (χ0) is 22.9. The lowest BCUT2D eigenvalue weighted by Crippen LogP contribution is -2.30. The first-order valence-electron chi connectivity index (χ1n) is 10.4. The highest BCUT2D eigenvalue weighted by Gasteiger charge is 2.15. The molecule has 3 aromatic rings. The molecule has 0 radical (unpaired) electrons. The molecule has 3 aromatic carbocycles. The van der Waals surface area contributed by atoms with Gasteiger partial charge in [-0.15, -0.1) is 0 Å². The molecule has 0 bridgehead atoms. The van der Waals surface area contributed by atoms with Crippen LogP contribution in [0.2, 0.25) is 0 Å². The number of benzene rings is 3. The molecule has 2 amide bonds. The van der Waals surface area contributed by atoms with Gasteiger partial charge in [-0.3, -0.25) is 9.59 Å². The lowest BCUT2D eigenvalue weighted by molar-refractivity contribution is -0.113. The molecule has 0 fully saturated rings. The second-order valence-electron chi connectivity index (χ2n) is 7.28. The highest BCUT2D eigenvalue weighted by molar-refractivity contribution is 6.10. The molecule has 32 heavy (non-hydrogen) atoms. The van der Waals surface area contributed by atoms with Gasteiger partial charge in [-0.1, -0.05) is 30.3 Å². The van der Waals surface area contributed by atoms with Crippen LogP contribution in [-0.2, 0) is 4.79 Å². The van der Waals surface area contributed by atoms with Crippen molar-refractivity contribution in [3.05, 3.63) is 95.7 Å². The highest BCUT2D eigenvalue weighted by atomic mass is 16.5. The van der Waals surface area contributed by atoms with Gasteiger partial charge in [-0.2, -0.15) is 0 Å². The van der Waals surface area contributed by atoms with Crippen LogP contribution in [0.4, 0.5) is 11.4 Å². The molecule has 0 spiro atoms. The van der Waals surface area contributed by atoms with Crippen molar-refractivity contribution in [1.29, 1.82) is 0 Å². The van der Waals surface area contributed by atoms with Crippen LogP contribution >= 0.6 is 0 Å². The molecule has 6 heteroatoms. The van der Waals surface area contributed by atoms with E-state index in [4.69, 9.17) is 4.74 Å². The minimum absolute atomic E-state index is 0.144. The largest absolute Gasteiger partial charge is 0.494 e. The molecular formula is C26H27N3O3. The maximum atomic E-state index is 13.0. The summed E-state index contributed by atoms with van der Waals surface area (Å²) in [6, 6.07) is 23.6. The van der Waals surface area contributed by atoms with Crippen LogP contribution in [0.5, 0.6) is 5.75 Å². The average molecular weight is 430 g/mol.